The third-order valence-corrected chi connectivity index (χ3v) is 5.50. The van der Waals surface area contributed by atoms with Gasteiger partial charge in [0.25, 0.3) is 5.91 Å². The van der Waals surface area contributed by atoms with Crippen molar-refractivity contribution in [3.05, 3.63) is 59.2 Å². The van der Waals surface area contributed by atoms with E-state index in [4.69, 9.17) is 9.47 Å². The Kier molecular flexibility index (Phi) is 5.07. The first-order valence-electron chi connectivity index (χ1n) is 9.74. The SMILES string of the molecule is Cc1ccccc1CCNC(=O)CN1C(=O)N[C@](C)(c2ccc3c(c2)OCO3)C1=O. The number of aryl methyl sites for hydroxylation is 1. The summed E-state index contributed by atoms with van der Waals surface area (Å²) in [5, 5.41) is 5.47. The van der Waals surface area contributed by atoms with E-state index in [2.05, 4.69) is 10.6 Å². The van der Waals surface area contributed by atoms with E-state index in [9.17, 15) is 14.4 Å². The molecule has 0 unspecified atom stereocenters. The summed E-state index contributed by atoms with van der Waals surface area (Å²) in [4.78, 5) is 38.7. The molecule has 2 aliphatic rings. The van der Waals surface area contributed by atoms with Gasteiger partial charge >= 0.3 is 6.03 Å². The molecule has 0 aromatic heterocycles. The number of ether oxygens (including phenoxy) is 2. The highest BCUT2D eigenvalue weighted by atomic mass is 16.7. The highest BCUT2D eigenvalue weighted by Crippen LogP contribution is 2.37. The van der Waals surface area contributed by atoms with Gasteiger partial charge in [-0.15, -0.1) is 0 Å². The lowest BCUT2D eigenvalue weighted by Crippen LogP contribution is -2.43. The van der Waals surface area contributed by atoms with Crippen molar-refractivity contribution >= 4 is 17.8 Å². The topological polar surface area (TPSA) is 97.0 Å². The van der Waals surface area contributed by atoms with E-state index in [1.807, 2.05) is 31.2 Å². The number of urea groups is 1. The zero-order valence-electron chi connectivity index (χ0n) is 16.9. The van der Waals surface area contributed by atoms with Crippen LogP contribution in [-0.2, 0) is 21.5 Å². The predicted molar refractivity (Wildman–Crippen MR) is 108 cm³/mol. The van der Waals surface area contributed by atoms with E-state index in [1.165, 1.54) is 0 Å². The maximum Gasteiger partial charge on any atom is 0.325 e. The number of benzene rings is 2. The van der Waals surface area contributed by atoms with Crippen molar-refractivity contribution in [1.29, 1.82) is 0 Å². The van der Waals surface area contributed by atoms with E-state index in [1.54, 1.807) is 25.1 Å². The second-order valence-corrected chi connectivity index (χ2v) is 7.54. The van der Waals surface area contributed by atoms with Gasteiger partial charge in [-0.05, 0) is 49.1 Å². The number of rotatable bonds is 6. The van der Waals surface area contributed by atoms with Gasteiger partial charge in [0.15, 0.2) is 11.5 Å². The van der Waals surface area contributed by atoms with Crippen molar-refractivity contribution in [3.63, 3.8) is 0 Å². The maximum atomic E-state index is 13.0. The van der Waals surface area contributed by atoms with E-state index in [0.29, 0.717) is 30.0 Å². The zero-order chi connectivity index (χ0) is 21.3. The molecule has 1 saturated heterocycles. The Morgan fingerprint density at radius 1 is 1.17 bits per heavy atom. The number of fused-ring (bicyclic) bond motifs is 1. The van der Waals surface area contributed by atoms with E-state index < -0.39 is 17.5 Å². The van der Waals surface area contributed by atoms with Gasteiger partial charge in [0, 0.05) is 6.54 Å². The Bertz CT molecular complexity index is 1020. The van der Waals surface area contributed by atoms with Crippen LogP contribution in [-0.4, -0.2) is 42.6 Å². The molecule has 1 fully saturated rings. The van der Waals surface area contributed by atoms with Crippen LogP contribution in [0.2, 0.25) is 0 Å². The molecule has 8 heteroatoms. The van der Waals surface area contributed by atoms with Crippen molar-refractivity contribution in [2.45, 2.75) is 25.8 Å². The molecule has 0 aliphatic carbocycles. The molecular weight excluding hydrogens is 386 g/mol. The minimum Gasteiger partial charge on any atom is -0.454 e. The van der Waals surface area contributed by atoms with Crippen molar-refractivity contribution in [2.24, 2.45) is 0 Å². The summed E-state index contributed by atoms with van der Waals surface area (Å²) in [5.74, 6) is 0.231. The Morgan fingerprint density at radius 2 is 1.93 bits per heavy atom. The Morgan fingerprint density at radius 3 is 2.73 bits per heavy atom. The molecule has 2 N–H and O–H groups in total. The molecule has 0 radical (unpaired) electrons. The summed E-state index contributed by atoms with van der Waals surface area (Å²) < 4.78 is 10.7. The lowest BCUT2D eigenvalue weighted by molar-refractivity contribution is -0.134. The molecule has 4 amide bonds. The van der Waals surface area contributed by atoms with Crippen molar-refractivity contribution in [1.82, 2.24) is 15.5 Å². The van der Waals surface area contributed by atoms with Gasteiger partial charge in [0.05, 0.1) is 0 Å². The second-order valence-electron chi connectivity index (χ2n) is 7.54. The highest BCUT2D eigenvalue weighted by Gasteiger charge is 2.49. The predicted octanol–water partition coefficient (Wildman–Crippen LogP) is 1.85. The molecule has 30 heavy (non-hydrogen) atoms. The molecule has 2 heterocycles. The molecular formula is C22H23N3O5. The van der Waals surface area contributed by atoms with Crippen molar-refractivity contribution in [3.8, 4) is 11.5 Å². The van der Waals surface area contributed by atoms with Crippen LogP contribution in [0.4, 0.5) is 4.79 Å². The van der Waals surface area contributed by atoms with Gasteiger partial charge in [-0.2, -0.15) is 0 Å². The lowest BCUT2D eigenvalue weighted by Gasteiger charge is -2.22. The molecule has 2 aliphatic heterocycles. The zero-order valence-corrected chi connectivity index (χ0v) is 16.9. The summed E-state index contributed by atoms with van der Waals surface area (Å²) in [5.41, 5.74) is 1.58. The first kappa shape index (κ1) is 19.8. The fourth-order valence-electron chi connectivity index (χ4n) is 3.67. The van der Waals surface area contributed by atoms with Crippen LogP contribution < -0.4 is 20.1 Å². The molecule has 0 spiro atoms. The average Bonchev–Trinajstić information content (AvgIpc) is 3.28. The third kappa shape index (κ3) is 3.56. The minimum atomic E-state index is -1.28. The monoisotopic (exact) mass is 409 g/mol. The quantitative estimate of drug-likeness (QED) is 0.710. The molecule has 1 atom stereocenters. The number of nitrogens with one attached hydrogen (secondary N) is 2. The normalized spacial score (nSPS) is 19.7. The largest absolute Gasteiger partial charge is 0.454 e. The Balaban J connectivity index is 1.39. The van der Waals surface area contributed by atoms with Gasteiger partial charge in [0.1, 0.15) is 12.1 Å². The smallest absolute Gasteiger partial charge is 0.325 e. The molecule has 0 saturated carbocycles. The van der Waals surface area contributed by atoms with Gasteiger partial charge in [-0.25, -0.2) is 4.79 Å². The standard InChI is InChI=1S/C22H23N3O5/c1-14-5-3-4-6-15(14)9-10-23-19(26)12-25-20(27)22(2,24-21(25)28)16-7-8-17-18(11-16)30-13-29-17/h3-8,11H,9-10,12-13H2,1-2H3,(H,23,26)(H,24,28)/t22-/m1/s1. The molecule has 4 rings (SSSR count). The maximum absolute atomic E-state index is 13.0. The fraction of sp³-hybridized carbons (Fsp3) is 0.318. The van der Waals surface area contributed by atoms with Crippen molar-refractivity contribution in [2.75, 3.05) is 19.9 Å². The minimum absolute atomic E-state index is 0.116. The summed E-state index contributed by atoms with van der Waals surface area (Å²) in [6.45, 7) is 3.83. The Hall–Kier alpha value is -3.55. The number of nitrogens with zero attached hydrogens (tertiary/aromatic N) is 1. The molecule has 8 nitrogen and oxygen atoms in total. The number of carbonyl (C=O) groups is 3. The molecule has 2 aromatic rings. The van der Waals surface area contributed by atoms with Crippen molar-refractivity contribution < 1.29 is 23.9 Å². The number of imide groups is 1. The number of amides is 4. The number of hydrogen-bond acceptors (Lipinski definition) is 5. The Labute approximate surface area is 174 Å². The second kappa shape index (κ2) is 7.70. The number of carbonyl (C=O) groups excluding carboxylic acids is 3. The summed E-state index contributed by atoms with van der Waals surface area (Å²) in [6.07, 6.45) is 0.674. The van der Waals surface area contributed by atoms with Crippen LogP contribution in [0.25, 0.3) is 0 Å². The van der Waals surface area contributed by atoms with Crippen LogP contribution in [0.15, 0.2) is 42.5 Å². The lowest BCUT2D eigenvalue weighted by atomic mass is 9.91. The van der Waals surface area contributed by atoms with Gasteiger partial charge in [0.2, 0.25) is 12.7 Å². The summed E-state index contributed by atoms with van der Waals surface area (Å²) in [6, 6.07) is 12.4. The van der Waals surface area contributed by atoms with Gasteiger partial charge in [-0.1, -0.05) is 30.3 Å². The van der Waals surface area contributed by atoms with Crippen LogP contribution >= 0.6 is 0 Å². The molecule has 2 aromatic carbocycles. The first-order valence-corrected chi connectivity index (χ1v) is 9.74. The van der Waals surface area contributed by atoms with E-state index in [0.717, 1.165) is 16.0 Å². The van der Waals surface area contributed by atoms with Crippen LogP contribution in [0.3, 0.4) is 0 Å². The van der Waals surface area contributed by atoms with E-state index >= 15 is 0 Å². The summed E-state index contributed by atoms with van der Waals surface area (Å²) >= 11 is 0. The van der Waals surface area contributed by atoms with Crippen LogP contribution in [0.1, 0.15) is 23.6 Å². The van der Waals surface area contributed by atoms with Gasteiger partial charge < -0.3 is 20.1 Å². The van der Waals surface area contributed by atoms with Crippen LogP contribution in [0.5, 0.6) is 11.5 Å². The van der Waals surface area contributed by atoms with E-state index in [-0.39, 0.29) is 19.2 Å². The number of hydrogen-bond donors (Lipinski definition) is 2. The first-order chi connectivity index (χ1) is 14.4. The molecule has 0 bridgehead atoms. The van der Waals surface area contributed by atoms with Crippen LogP contribution in [0, 0.1) is 6.92 Å². The highest BCUT2D eigenvalue weighted by molar-refractivity contribution is 6.09. The summed E-state index contributed by atoms with van der Waals surface area (Å²) in [7, 11) is 0. The third-order valence-electron chi connectivity index (χ3n) is 5.50. The van der Waals surface area contributed by atoms with Gasteiger partial charge in [-0.3, -0.25) is 14.5 Å². The fourth-order valence-corrected chi connectivity index (χ4v) is 3.67. The molecule has 156 valence electrons. The average molecular weight is 409 g/mol.